The smallest absolute Gasteiger partial charge is 0.300 e. The highest BCUT2D eigenvalue weighted by atomic mass is 19.1. The van der Waals surface area contributed by atoms with Crippen LogP contribution in [-0.4, -0.2) is 22.6 Å². The van der Waals surface area contributed by atoms with Crippen LogP contribution in [0.3, 0.4) is 0 Å². The normalized spacial score (nSPS) is 17.7. The van der Waals surface area contributed by atoms with Gasteiger partial charge in [0.25, 0.3) is 11.7 Å². The van der Waals surface area contributed by atoms with E-state index >= 15 is 0 Å². The summed E-state index contributed by atoms with van der Waals surface area (Å²) in [6.07, 6.45) is 0. The Morgan fingerprint density at radius 1 is 0.871 bits per heavy atom. The van der Waals surface area contributed by atoms with Crippen molar-refractivity contribution in [1.82, 2.24) is 0 Å². The number of aliphatic hydroxyl groups excluding tert-OH is 1. The molecule has 6 heteroatoms. The minimum Gasteiger partial charge on any atom is -0.507 e. The summed E-state index contributed by atoms with van der Waals surface area (Å²) >= 11 is 0. The molecule has 0 spiro atoms. The van der Waals surface area contributed by atoms with Crippen molar-refractivity contribution in [2.45, 2.75) is 13.0 Å². The van der Waals surface area contributed by atoms with Crippen molar-refractivity contribution in [3.05, 3.63) is 107 Å². The first kappa shape index (κ1) is 20.2. The first-order chi connectivity index (χ1) is 14.9. The van der Waals surface area contributed by atoms with Crippen molar-refractivity contribution < 1.29 is 23.9 Å². The molecular weight excluding hydrogens is 397 g/mol. The Balaban J connectivity index is 1.94. The topological polar surface area (TPSA) is 74.7 Å². The molecule has 0 aromatic heterocycles. The SMILES string of the molecule is CC(=O)c1ccc(N2C(=O)C(=O)/C(=C(/O)c3ccccc3)[C@@H]2c2ccccc2F)cc1. The quantitative estimate of drug-likeness (QED) is 0.291. The van der Waals surface area contributed by atoms with E-state index in [2.05, 4.69) is 0 Å². The second-order valence-electron chi connectivity index (χ2n) is 7.16. The Kier molecular flexibility index (Phi) is 5.21. The monoisotopic (exact) mass is 415 g/mol. The Bertz CT molecular complexity index is 1220. The fraction of sp³-hybridized carbons (Fsp3) is 0.0800. The van der Waals surface area contributed by atoms with Gasteiger partial charge in [0.05, 0.1) is 11.6 Å². The van der Waals surface area contributed by atoms with E-state index in [0.717, 1.165) is 4.90 Å². The van der Waals surface area contributed by atoms with Gasteiger partial charge in [-0.05, 0) is 37.3 Å². The molecule has 1 fully saturated rings. The molecule has 0 unspecified atom stereocenters. The Morgan fingerprint density at radius 3 is 2.10 bits per heavy atom. The van der Waals surface area contributed by atoms with Gasteiger partial charge in [0.15, 0.2) is 5.78 Å². The first-order valence-corrected chi connectivity index (χ1v) is 9.62. The molecule has 1 aliphatic heterocycles. The van der Waals surface area contributed by atoms with Gasteiger partial charge < -0.3 is 5.11 Å². The molecule has 3 aromatic rings. The third kappa shape index (κ3) is 3.53. The molecule has 1 saturated heterocycles. The van der Waals surface area contributed by atoms with Crippen molar-refractivity contribution in [3.63, 3.8) is 0 Å². The molecule has 31 heavy (non-hydrogen) atoms. The zero-order valence-corrected chi connectivity index (χ0v) is 16.6. The van der Waals surface area contributed by atoms with Crippen LogP contribution in [0, 0.1) is 5.82 Å². The number of halogens is 1. The molecule has 1 heterocycles. The highest BCUT2D eigenvalue weighted by Crippen LogP contribution is 2.42. The molecule has 0 saturated carbocycles. The second-order valence-corrected chi connectivity index (χ2v) is 7.16. The van der Waals surface area contributed by atoms with Crippen molar-refractivity contribution in [3.8, 4) is 0 Å². The molecule has 4 rings (SSSR count). The van der Waals surface area contributed by atoms with Crippen molar-refractivity contribution in [2.24, 2.45) is 0 Å². The third-order valence-corrected chi connectivity index (χ3v) is 5.24. The summed E-state index contributed by atoms with van der Waals surface area (Å²) in [6.45, 7) is 1.42. The molecule has 1 amide bonds. The van der Waals surface area contributed by atoms with E-state index in [9.17, 15) is 23.9 Å². The molecule has 0 aliphatic carbocycles. The number of rotatable bonds is 4. The van der Waals surface area contributed by atoms with Crippen molar-refractivity contribution >= 4 is 28.9 Å². The van der Waals surface area contributed by atoms with E-state index in [1.807, 2.05) is 0 Å². The maximum atomic E-state index is 14.8. The van der Waals surface area contributed by atoms with Crippen LogP contribution in [0.25, 0.3) is 5.76 Å². The fourth-order valence-corrected chi connectivity index (χ4v) is 3.70. The van der Waals surface area contributed by atoms with E-state index in [1.165, 1.54) is 49.4 Å². The van der Waals surface area contributed by atoms with Crippen LogP contribution < -0.4 is 4.90 Å². The number of amides is 1. The van der Waals surface area contributed by atoms with Crippen LogP contribution in [-0.2, 0) is 9.59 Å². The Morgan fingerprint density at radius 2 is 1.48 bits per heavy atom. The molecule has 1 N–H and O–H groups in total. The Hall–Kier alpha value is -4.06. The summed E-state index contributed by atoms with van der Waals surface area (Å²) in [4.78, 5) is 38.7. The molecule has 0 bridgehead atoms. The summed E-state index contributed by atoms with van der Waals surface area (Å²) < 4.78 is 14.8. The average molecular weight is 415 g/mol. The zero-order valence-electron chi connectivity index (χ0n) is 16.6. The minimum absolute atomic E-state index is 0.0785. The second kappa shape index (κ2) is 7.99. The van der Waals surface area contributed by atoms with E-state index in [4.69, 9.17) is 0 Å². The van der Waals surface area contributed by atoms with E-state index in [0.29, 0.717) is 16.8 Å². The van der Waals surface area contributed by atoms with Crippen LogP contribution in [0.15, 0.2) is 84.4 Å². The van der Waals surface area contributed by atoms with Gasteiger partial charge in [0.2, 0.25) is 0 Å². The number of anilines is 1. The zero-order chi connectivity index (χ0) is 22.1. The molecule has 154 valence electrons. The van der Waals surface area contributed by atoms with Crippen LogP contribution in [0.4, 0.5) is 10.1 Å². The third-order valence-electron chi connectivity index (χ3n) is 5.24. The number of hydrogen-bond donors (Lipinski definition) is 1. The van der Waals surface area contributed by atoms with Crippen LogP contribution in [0.2, 0.25) is 0 Å². The standard InChI is InChI=1S/C25H18FNO4/c1-15(28)16-11-13-18(14-12-16)27-22(19-9-5-6-10-20(19)26)21(24(30)25(27)31)23(29)17-7-3-2-4-8-17/h2-14,22,29H,1H3/b23-21+/t22-/m0/s1. The number of aliphatic hydroxyl groups is 1. The predicted octanol–water partition coefficient (Wildman–Crippen LogP) is 4.65. The highest BCUT2D eigenvalue weighted by Gasteiger charge is 2.47. The summed E-state index contributed by atoms with van der Waals surface area (Å²) in [6, 6.07) is 19.1. The number of benzene rings is 3. The van der Waals surface area contributed by atoms with Crippen molar-refractivity contribution in [1.29, 1.82) is 0 Å². The lowest BCUT2D eigenvalue weighted by Crippen LogP contribution is -2.29. The van der Waals surface area contributed by atoms with E-state index in [1.54, 1.807) is 36.4 Å². The lowest BCUT2D eigenvalue weighted by molar-refractivity contribution is -0.132. The van der Waals surface area contributed by atoms with E-state index in [-0.39, 0.29) is 22.7 Å². The van der Waals surface area contributed by atoms with Crippen LogP contribution in [0.1, 0.15) is 34.5 Å². The molecule has 5 nitrogen and oxygen atoms in total. The number of carbonyl (C=O) groups excluding carboxylic acids is 3. The first-order valence-electron chi connectivity index (χ1n) is 9.62. The van der Waals surface area contributed by atoms with Gasteiger partial charge in [0, 0.05) is 22.4 Å². The number of nitrogens with zero attached hydrogens (tertiary/aromatic N) is 1. The molecule has 3 aromatic carbocycles. The number of Topliss-reactive ketones (excluding diaryl/α,β-unsaturated/α-hetero) is 2. The number of hydrogen-bond acceptors (Lipinski definition) is 4. The van der Waals surface area contributed by atoms with Gasteiger partial charge in [0.1, 0.15) is 11.6 Å². The Labute approximate surface area is 178 Å². The summed E-state index contributed by atoms with van der Waals surface area (Å²) in [5.41, 5.74) is 0.972. The molecule has 1 atom stereocenters. The maximum Gasteiger partial charge on any atom is 0.300 e. The highest BCUT2D eigenvalue weighted by molar-refractivity contribution is 6.51. The van der Waals surface area contributed by atoms with Crippen molar-refractivity contribution in [2.75, 3.05) is 4.90 Å². The summed E-state index contributed by atoms with van der Waals surface area (Å²) in [7, 11) is 0. The van der Waals surface area contributed by atoms with E-state index < -0.39 is 23.5 Å². The molecular formula is C25H18FNO4. The lowest BCUT2D eigenvalue weighted by atomic mass is 9.94. The van der Waals surface area contributed by atoms with Gasteiger partial charge in [-0.1, -0.05) is 48.5 Å². The lowest BCUT2D eigenvalue weighted by Gasteiger charge is -2.25. The maximum absolute atomic E-state index is 14.8. The fourth-order valence-electron chi connectivity index (χ4n) is 3.70. The van der Waals surface area contributed by atoms with Crippen LogP contribution in [0.5, 0.6) is 0 Å². The van der Waals surface area contributed by atoms with Crippen LogP contribution >= 0.6 is 0 Å². The minimum atomic E-state index is -1.16. The summed E-state index contributed by atoms with van der Waals surface area (Å²) in [5.74, 6) is -2.94. The van der Waals surface area contributed by atoms with Gasteiger partial charge >= 0.3 is 0 Å². The van der Waals surface area contributed by atoms with Gasteiger partial charge in [-0.2, -0.15) is 0 Å². The number of ketones is 2. The molecule has 1 aliphatic rings. The van der Waals surface area contributed by atoms with Gasteiger partial charge in [-0.25, -0.2) is 4.39 Å². The van der Waals surface area contributed by atoms with Gasteiger partial charge in [-0.15, -0.1) is 0 Å². The largest absolute Gasteiger partial charge is 0.507 e. The predicted molar refractivity (Wildman–Crippen MR) is 114 cm³/mol. The average Bonchev–Trinajstić information content (AvgIpc) is 3.04. The number of carbonyl (C=O) groups is 3. The molecule has 0 radical (unpaired) electrons. The van der Waals surface area contributed by atoms with Gasteiger partial charge in [-0.3, -0.25) is 19.3 Å². The summed E-state index contributed by atoms with van der Waals surface area (Å²) in [5, 5.41) is 10.9.